The second-order valence-corrected chi connectivity index (χ2v) is 5.47. The van der Waals surface area contributed by atoms with Crippen LogP contribution in [0.2, 0.25) is 0 Å². The Morgan fingerprint density at radius 2 is 1.89 bits per heavy atom. The fourth-order valence-electron chi connectivity index (χ4n) is 2.30. The molecule has 1 aromatic rings. The zero-order valence-electron chi connectivity index (χ0n) is 10.7. The quantitative estimate of drug-likeness (QED) is 0.857. The number of carbonyl (C=O) groups excluding carboxylic acids is 1. The lowest BCUT2D eigenvalue weighted by molar-refractivity contribution is 0.0636. The highest BCUT2D eigenvalue weighted by Crippen LogP contribution is 2.18. The van der Waals surface area contributed by atoms with E-state index < -0.39 is 0 Å². The van der Waals surface area contributed by atoms with Crippen molar-refractivity contribution < 1.29 is 4.79 Å². The number of hydrogen-bond acceptors (Lipinski definition) is 2. The summed E-state index contributed by atoms with van der Waals surface area (Å²) in [5, 5.41) is 0. The van der Waals surface area contributed by atoms with Gasteiger partial charge in [0.2, 0.25) is 0 Å². The van der Waals surface area contributed by atoms with E-state index in [-0.39, 0.29) is 5.91 Å². The zero-order valence-corrected chi connectivity index (χ0v) is 12.3. The van der Waals surface area contributed by atoms with Gasteiger partial charge in [0, 0.05) is 30.7 Å². The van der Waals surface area contributed by atoms with Crippen LogP contribution < -0.4 is 0 Å². The average molecular weight is 311 g/mol. The molecule has 0 spiro atoms. The largest absolute Gasteiger partial charge is 0.336 e. The molecule has 0 atom stereocenters. The summed E-state index contributed by atoms with van der Waals surface area (Å²) in [6.07, 6.45) is 1.18. The minimum Gasteiger partial charge on any atom is -0.336 e. The van der Waals surface area contributed by atoms with E-state index in [1.54, 1.807) is 0 Å². The third-order valence-electron chi connectivity index (χ3n) is 3.30. The normalized spacial score (nSPS) is 16.9. The Balaban J connectivity index is 1.98. The second kappa shape index (κ2) is 6.34. The van der Waals surface area contributed by atoms with Gasteiger partial charge in [-0.2, -0.15) is 0 Å². The van der Waals surface area contributed by atoms with Crippen molar-refractivity contribution in [2.24, 2.45) is 0 Å². The maximum absolute atomic E-state index is 12.4. The van der Waals surface area contributed by atoms with Gasteiger partial charge in [0.05, 0.1) is 5.56 Å². The smallest absolute Gasteiger partial charge is 0.255 e. The molecule has 1 saturated heterocycles. The Morgan fingerprint density at radius 1 is 1.22 bits per heavy atom. The number of halogens is 1. The molecular weight excluding hydrogens is 292 g/mol. The molecule has 2 rings (SSSR count). The molecule has 3 nitrogen and oxygen atoms in total. The molecular formula is C14H19BrN2O. The molecule has 0 N–H and O–H groups in total. The Kier molecular flexibility index (Phi) is 4.78. The SMILES string of the molecule is CCCN1CCN(C(=O)c2ccccc2Br)CC1. The maximum atomic E-state index is 12.4. The van der Waals surface area contributed by atoms with Crippen LogP contribution in [-0.4, -0.2) is 48.4 Å². The van der Waals surface area contributed by atoms with E-state index in [0.717, 1.165) is 42.8 Å². The number of piperazine rings is 1. The summed E-state index contributed by atoms with van der Waals surface area (Å²) in [5.74, 6) is 0.138. The summed E-state index contributed by atoms with van der Waals surface area (Å²) in [7, 11) is 0. The lowest BCUT2D eigenvalue weighted by Gasteiger charge is -2.34. The predicted octanol–water partition coefficient (Wildman–Crippen LogP) is 2.62. The van der Waals surface area contributed by atoms with Crippen molar-refractivity contribution >= 4 is 21.8 Å². The van der Waals surface area contributed by atoms with Gasteiger partial charge in [-0.25, -0.2) is 0 Å². The number of amides is 1. The molecule has 4 heteroatoms. The number of benzene rings is 1. The second-order valence-electron chi connectivity index (χ2n) is 4.61. The van der Waals surface area contributed by atoms with Gasteiger partial charge < -0.3 is 4.90 Å². The molecule has 18 heavy (non-hydrogen) atoms. The Bertz CT molecular complexity index is 414. The van der Waals surface area contributed by atoms with Crippen molar-refractivity contribution in [3.05, 3.63) is 34.3 Å². The summed E-state index contributed by atoms with van der Waals surface area (Å²) >= 11 is 3.44. The summed E-state index contributed by atoms with van der Waals surface area (Å²) in [5.41, 5.74) is 0.765. The van der Waals surface area contributed by atoms with Crippen LogP contribution in [0.15, 0.2) is 28.7 Å². The van der Waals surface area contributed by atoms with E-state index in [2.05, 4.69) is 27.8 Å². The molecule has 1 heterocycles. The number of rotatable bonds is 3. The third-order valence-corrected chi connectivity index (χ3v) is 4.00. The van der Waals surface area contributed by atoms with Gasteiger partial charge in [0.15, 0.2) is 0 Å². The molecule has 0 bridgehead atoms. The van der Waals surface area contributed by atoms with Gasteiger partial charge in [0.25, 0.3) is 5.91 Å². The first kappa shape index (κ1) is 13.6. The van der Waals surface area contributed by atoms with Gasteiger partial charge in [-0.15, -0.1) is 0 Å². The van der Waals surface area contributed by atoms with Crippen molar-refractivity contribution in [3.63, 3.8) is 0 Å². The van der Waals surface area contributed by atoms with Crippen LogP contribution >= 0.6 is 15.9 Å². The Morgan fingerprint density at radius 3 is 2.50 bits per heavy atom. The summed E-state index contributed by atoms with van der Waals surface area (Å²) < 4.78 is 0.881. The minimum absolute atomic E-state index is 0.138. The van der Waals surface area contributed by atoms with Crippen LogP contribution in [-0.2, 0) is 0 Å². The number of hydrogen-bond donors (Lipinski definition) is 0. The van der Waals surface area contributed by atoms with E-state index in [1.165, 1.54) is 6.42 Å². The molecule has 1 aromatic carbocycles. The molecule has 1 aliphatic heterocycles. The highest BCUT2D eigenvalue weighted by atomic mass is 79.9. The molecule has 0 unspecified atom stereocenters. The minimum atomic E-state index is 0.138. The van der Waals surface area contributed by atoms with Crippen molar-refractivity contribution in [3.8, 4) is 0 Å². The highest BCUT2D eigenvalue weighted by Gasteiger charge is 2.22. The van der Waals surface area contributed by atoms with Crippen LogP contribution in [0.4, 0.5) is 0 Å². The van der Waals surface area contributed by atoms with Crippen molar-refractivity contribution in [1.82, 2.24) is 9.80 Å². The Labute approximate surface area is 117 Å². The lowest BCUT2D eigenvalue weighted by Crippen LogP contribution is -2.48. The summed E-state index contributed by atoms with van der Waals surface area (Å²) in [4.78, 5) is 16.7. The first-order chi connectivity index (χ1) is 8.72. The molecule has 1 aliphatic rings. The Hall–Kier alpha value is -0.870. The standard InChI is InChI=1S/C14H19BrN2O/c1-2-7-16-8-10-17(11-9-16)14(18)12-5-3-4-6-13(12)15/h3-6H,2,7-11H2,1H3. The predicted molar refractivity (Wildman–Crippen MR) is 76.8 cm³/mol. The fraction of sp³-hybridized carbons (Fsp3) is 0.500. The van der Waals surface area contributed by atoms with Crippen molar-refractivity contribution in [1.29, 1.82) is 0 Å². The topological polar surface area (TPSA) is 23.6 Å². The van der Waals surface area contributed by atoms with Crippen LogP contribution in [0.1, 0.15) is 23.7 Å². The molecule has 0 aromatic heterocycles. The van der Waals surface area contributed by atoms with Crippen molar-refractivity contribution in [2.45, 2.75) is 13.3 Å². The van der Waals surface area contributed by atoms with Crippen LogP contribution in [0.3, 0.4) is 0 Å². The van der Waals surface area contributed by atoms with Gasteiger partial charge in [0.1, 0.15) is 0 Å². The molecule has 1 amide bonds. The van der Waals surface area contributed by atoms with Gasteiger partial charge >= 0.3 is 0 Å². The highest BCUT2D eigenvalue weighted by molar-refractivity contribution is 9.10. The average Bonchev–Trinajstić information content (AvgIpc) is 2.40. The van der Waals surface area contributed by atoms with E-state index in [1.807, 2.05) is 29.2 Å². The molecule has 0 saturated carbocycles. The molecule has 98 valence electrons. The maximum Gasteiger partial charge on any atom is 0.255 e. The molecule has 0 aliphatic carbocycles. The first-order valence-electron chi connectivity index (χ1n) is 6.48. The van der Waals surface area contributed by atoms with Gasteiger partial charge in [-0.05, 0) is 41.0 Å². The lowest BCUT2D eigenvalue weighted by atomic mass is 10.2. The molecule has 1 fully saturated rings. The zero-order chi connectivity index (χ0) is 13.0. The van der Waals surface area contributed by atoms with Gasteiger partial charge in [-0.1, -0.05) is 19.1 Å². The third kappa shape index (κ3) is 3.12. The van der Waals surface area contributed by atoms with Crippen LogP contribution in [0, 0.1) is 0 Å². The van der Waals surface area contributed by atoms with E-state index in [0.29, 0.717) is 0 Å². The van der Waals surface area contributed by atoms with E-state index in [4.69, 9.17) is 0 Å². The summed E-state index contributed by atoms with van der Waals surface area (Å²) in [6.45, 7) is 6.98. The monoisotopic (exact) mass is 310 g/mol. The van der Waals surface area contributed by atoms with Crippen molar-refractivity contribution in [2.75, 3.05) is 32.7 Å². The number of nitrogens with zero attached hydrogens (tertiary/aromatic N) is 2. The van der Waals surface area contributed by atoms with E-state index >= 15 is 0 Å². The van der Waals surface area contributed by atoms with Gasteiger partial charge in [-0.3, -0.25) is 9.69 Å². The first-order valence-corrected chi connectivity index (χ1v) is 7.28. The van der Waals surface area contributed by atoms with E-state index in [9.17, 15) is 4.79 Å². The van der Waals surface area contributed by atoms with Crippen LogP contribution in [0.25, 0.3) is 0 Å². The number of carbonyl (C=O) groups is 1. The molecule has 0 radical (unpaired) electrons. The van der Waals surface area contributed by atoms with Crippen LogP contribution in [0.5, 0.6) is 0 Å². The summed E-state index contributed by atoms with van der Waals surface area (Å²) in [6, 6.07) is 7.64. The fourth-order valence-corrected chi connectivity index (χ4v) is 2.75.